The van der Waals surface area contributed by atoms with Crippen molar-refractivity contribution in [2.24, 2.45) is 0 Å². The van der Waals surface area contributed by atoms with E-state index < -0.39 is 0 Å². The van der Waals surface area contributed by atoms with Gasteiger partial charge in [-0.15, -0.1) is 0 Å². The molecule has 1 aliphatic rings. The van der Waals surface area contributed by atoms with E-state index in [4.69, 9.17) is 9.47 Å². The quantitative estimate of drug-likeness (QED) is 0.460. The molecule has 0 aromatic heterocycles. The van der Waals surface area contributed by atoms with Crippen molar-refractivity contribution < 1.29 is 13.9 Å². The highest BCUT2D eigenvalue weighted by Gasteiger charge is 2.22. The second-order valence-corrected chi connectivity index (χ2v) is 8.10. The van der Waals surface area contributed by atoms with E-state index in [0.717, 1.165) is 59.5 Å². The van der Waals surface area contributed by atoms with Crippen molar-refractivity contribution in [2.45, 2.75) is 26.1 Å². The Labute approximate surface area is 188 Å². The predicted molar refractivity (Wildman–Crippen MR) is 123 cm³/mol. The molecule has 0 N–H and O–H groups in total. The lowest BCUT2D eigenvalue weighted by molar-refractivity contribution is 0.134. The fourth-order valence-corrected chi connectivity index (χ4v) is 4.15. The number of benzene rings is 3. The average Bonchev–Trinajstić information content (AvgIpc) is 3.28. The van der Waals surface area contributed by atoms with Crippen molar-refractivity contribution in [3.8, 4) is 22.9 Å². The van der Waals surface area contributed by atoms with Crippen LogP contribution in [0.3, 0.4) is 0 Å². The van der Waals surface area contributed by atoms with E-state index in [-0.39, 0.29) is 5.82 Å². The first kappa shape index (κ1) is 22.0. The lowest BCUT2D eigenvalue weighted by atomic mass is 9.88. The lowest BCUT2D eigenvalue weighted by Gasteiger charge is -2.19. The van der Waals surface area contributed by atoms with Crippen molar-refractivity contribution in [3.63, 3.8) is 0 Å². The molecule has 0 amide bonds. The van der Waals surface area contributed by atoms with Gasteiger partial charge in [0.05, 0.1) is 18.8 Å². The fourth-order valence-electron chi connectivity index (χ4n) is 4.15. The van der Waals surface area contributed by atoms with Crippen molar-refractivity contribution in [2.75, 3.05) is 26.7 Å². The number of para-hydroxylation sites is 1. The van der Waals surface area contributed by atoms with Crippen LogP contribution in [0.15, 0.2) is 60.7 Å². The summed E-state index contributed by atoms with van der Waals surface area (Å²) in [5, 5.41) is 9.99. The fraction of sp³-hybridized carbons (Fsp3) is 0.296. The molecule has 0 fully saturated rings. The third kappa shape index (κ3) is 5.16. The van der Waals surface area contributed by atoms with Gasteiger partial charge in [0.15, 0.2) is 0 Å². The first-order valence-corrected chi connectivity index (χ1v) is 10.9. The van der Waals surface area contributed by atoms with Gasteiger partial charge in [-0.05, 0) is 79.0 Å². The molecule has 4 rings (SSSR count). The molecule has 0 spiro atoms. The van der Waals surface area contributed by atoms with E-state index in [1.165, 1.54) is 12.1 Å². The van der Waals surface area contributed by atoms with Crippen LogP contribution >= 0.6 is 0 Å². The van der Waals surface area contributed by atoms with Gasteiger partial charge in [-0.2, -0.15) is 5.26 Å². The minimum Gasteiger partial charge on any atom is -0.492 e. The SMILES string of the molecule is CN(CCCc1c(C#N)c(-c2ccc(F)cc2)cc2c1COC2)CCOc1ccccc1. The Morgan fingerprint density at radius 1 is 1.06 bits per heavy atom. The molecule has 0 unspecified atom stereocenters. The Bertz CT molecular complexity index is 1090. The molecular weight excluding hydrogens is 403 g/mol. The summed E-state index contributed by atoms with van der Waals surface area (Å²) in [5.74, 6) is 0.601. The normalized spacial score (nSPS) is 12.6. The maximum atomic E-state index is 13.4. The Morgan fingerprint density at radius 3 is 2.59 bits per heavy atom. The molecule has 0 atom stereocenters. The van der Waals surface area contributed by atoms with Gasteiger partial charge in [-0.25, -0.2) is 4.39 Å². The summed E-state index contributed by atoms with van der Waals surface area (Å²) in [5.41, 5.74) is 5.72. The highest BCUT2D eigenvalue weighted by molar-refractivity contribution is 5.74. The standard InChI is InChI=1S/C27H27FN2O2/c1-30(14-15-32-23-6-3-2-4-7-23)13-5-8-24-26(17-29)25(16-21-18-31-19-27(21)24)20-9-11-22(28)12-10-20/h2-4,6-7,9-12,16H,5,8,13-15,18-19H2,1H3. The number of rotatable bonds is 9. The number of hydrogen-bond acceptors (Lipinski definition) is 4. The first-order valence-electron chi connectivity index (χ1n) is 10.9. The molecule has 3 aromatic carbocycles. The summed E-state index contributed by atoms with van der Waals surface area (Å²) < 4.78 is 24.9. The minimum atomic E-state index is -0.281. The largest absolute Gasteiger partial charge is 0.492 e. The second kappa shape index (κ2) is 10.4. The monoisotopic (exact) mass is 430 g/mol. The number of halogens is 1. The van der Waals surface area contributed by atoms with E-state index in [1.54, 1.807) is 12.1 Å². The summed E-state index contributed by atoms with van der Waals surface area (Å²) in [6, 6.07) is 20.6. The van der Waals surface area contributed by atoms with Crippen LogP contribution in [0.1, 0.15) is 28.7 Å². The third-order valence-electron chi connectivity index (χ3n) is 5.86. The van der Waals surface area contributed by atoms with E-state index >= 15 is 0 Å². The maximum absolute atomic E-state index is 13.4. The van der Waals surface area contributed by atoms with Gasteiger partial charge in [-0.1, -0.05) is 30.3 Å². The summed E-state index contributed by atoms with van der Waals surface area (Å²) in [4.78, 5) is 2.25. The zero-order valence-electron chi connectivity index (χ0n) is 18.3. The summed E-state index contributed by atoms with van der Waals surface area (Å²) >= 11 is 0. The lowest BCUT2D eigenvalue weighted by Crippen LogP contribution is -2.25. The summed E-state index contributed by atoms with van der Waals surface area (Å²) in [7, 11) is 2.09. The first-order chi connectivity index (χ1) is 15.7. The molecule has 4 nitrogen and oxygen atoms in total. The number of fused-ring (bicyclic) bond motifs is 1. The van der Waals surface area contributed by atoms with Gasteiger partial charge in [0.2, 0.25) is 0 Å². The number of nitriles is 1. The Morgan fingerprint density at radius 2 is 1.84 bits per heavy atom. The molecule has 0 radical (unpaired) electrons. The Balaban J connectivity index is 1.43. The maximum Gasteiger partial charge on any atom is 0.123 e. The zero-order valence-corrected chi connectivity index (χ0v) is 18.3. The van der Waals surface area contributed by atoms with Crippen LogP contribution in [0.4, 0.5) is 4.39 Å². The van der Waals surface area contributed by atoms with Gasteiger partial charge in [0, 0.05) is 12.1 Å². The van der Waals surface area contributed by atoms with Gasteiger partial charge >= 0.3 is 0 Å². The van der Waals surface area contributed by atoms with Gasteiger partial charge in [0.25, 0.3) is 0 Å². The molecule has 0 aliphatic carbocycles. The molecule has 164 valence electrons. The number of ether oxygens (including phenoxy) is 2. The summed E-state index contributed by atoms with van der Waals surface area (Å²) in [6.45, 7) is 3.46. The Hall–Kier alpha value is -3.20. The van der Waals surface area contributed by atoms with E-state index in [9.17, 15) is 9.65 Å². The molecule has 5 heteroatoms. The van der Waals surface area contributed by atoms with Crippen LogP contribution < -0.4 is 4.74 Å². The van der Waals surface area contributed by atoms with Crippen LogP contribution in [0.5, 0.6) is 5.75 Å². The van der Waals surface area contributed by atoms with Crippen molar-refractivity contribution in [1.29, 1.82) is 5.26 Å². The highest BCUT2D eigenvalue weighted by Crippen LogP contribution is 2.35. The molecule has 0 saturated carbocycles. The minimum absolute atomic E-state index is 0.281. The second-order valence-electron chi connectivity index (χ2n) is 8.10. The number of nitrogens with zero attached hydrogens (tertiary/aromatic N) is 2. The van der Waals surface area contributed by atoms with Crippen molar-refractivity contribution in [1.82, 2.24) is 4.90 Å². The van der Waals surface area contributed by atoms with E-state index in [1.807, 2.05) is 36.4 Å². The summed E-state index contributed by atoms with van der Waals surface area (Å²) in [6.07, 6.45) is 1.73. The topological polar surface area (TPSA) is 45.5 Å². The molecule has 0 saturated heterocycles. The molecular formula is C27H27FN2O2. The van der Waals surface area contributed by atoms with Crippen molar-refractivity contribution in [3.05, 3.63) is 88.7 Å². The van der Waals surface area contributed by atoms with Crippen LogP contribution in [0.25, 0.3) is 11.1 Å². The third-order valence-corrected chi connectivity index (χ3v) is 5.86. The van der Waals surface area contributed by atoms with Crippen LogP contribution in [-0.2, 0) is 24.4 Å². The molecule has 1 heterocycles. The van der Waals surface area contributed by atoms with Gasteiger partial charge in [-0.3, -0.25) is 0 Å². The van der Waals surface area contributed by atoms with Crippen LogP contribution in [-0.4, -0.2) is 31.6 Å². The van der Waals surface area contributed by atoms with Crippen LogP contribution in [0.2, 0.25) is 0 Å². The smallest absolute Gasteiger partial charge is 0.123 e. The highest BCUT2D eigenvalue weighted by atomic mass is 19.1. The molecule has 32 heavy (non-hydrogen) atoms. The molecule has 0 bridgehead atoms. The number of hydrogen-bond donors (Lipinski definition) is 0. The average molecular weight is 431 g/mol. The van der Waals surface area contributed by atoms with Gasteiger partial charge in [0.1, 0.15) is 24.2 Å². The van der Waals surface area contributed by atoms with E-state index in [0.29, 0.717) is 25.4 Å². The zero-order chi connectivity index (χ0) is 22.3. The van der Waals surface area contributed by atoms with Crippen molar-refractivity contribution >= 4 is 0 Å². The van der Waals surface area contributed by atoms with Crippen LogP contribution in [0, 0.1) is 17.1 Å². The number of likely N-dealkylation sites (N-methyl/N-ethyl adjacent to an activating group) is 1. The molecule has 3 aromatic rings. The van der Waals surface area contributed by atoms with E-state index in [2.05, 4.69) is 18.0 Å². The molecule has 1 aliphatic heterocycles. The van der Waals surface area contributed by atoms with Gasteiger partial charge < -0.3 is 14.4 Å². The predicted octanol–water partition coefficient (Wildman–Crippen LogP) is 5.34. The Kier molecular flexibility index (Phi) is 7.16.